The van der Waals surface area contributed by atoms with Crippen LogP contribution in [0.2, 0.25) is 0 Å². The number of rotatable bonds is 3. The topological polar surface area (TPSA) is 46.6 Å². The van der Waals surface area contributed by atoms with Crippen molar-refractivity contribution < 1.29 is 14.3 Å². The average Bonchev–Trinajstić information content (AvgIpc) is 2.56. The summed E-state index contributed by atoms with van der Waals surface area (Å²) in [6, 6.07) is 0. The van der Waals surface area contributed by atoms with Gasteiger partial charge in [0, 0.05) is 12.6 Å². The van der Waals surface area contributed by atoms with E-state index in [2.05, 4.69) is 11.3 Å². The molecule has 76 valence electrons. The maximum absolute atomic E-state index is 11.5. The van der Waals surface area contributed by atoms with Gasteiger partial charge in [-0.1, -0.05) is 12.7 Å². The van der Waals surface area contributed by atoms with Crippen LogP contribution < -0.4 is 0 Å². The number of nitrogens with zero attached hydrogens (tertiary/aromatic N) is 1. The fourth-order valence-electron chi connectivity index (χ4n) is 1.35. The standard InChI is InChI=1S/C10H13NO3/c1-3-11-7-6-8(10(11)13)4-5-9(12)14-2/h3-5,8H,1,6-7H2,2H3. The van der Waals surface area contributed by atoms with E-state index in [0.717, 1.165) is 6.42 Å². The molecule has 1 amide bonds. The predicted octanol–water partition coefficient (Wildman–Crippen LogP) is 0.708. The normalized spacial score (nSPS) is 21.6. The molecule has 1 aliphatic rings. The summed E-state index contributed by atoms with van der Waals surface area (Å²) >= 11 is 0. The lowest BCUT2D eigenvalue weighted by Crippen LogP contribution is -2.20. The Morgan fingerprint density at radius 1 is 1.71 bits per heavy atom. The number of esters is 1. The molecular formula is C10H13NO3. The maximum atomic E-state index is 11.5. The summed E-state index contributed by atoms with van der Waals surface area (Å²) in [6.07, 6.45) is 5.10. The average molecular weight is 195 g/mol. The van der Waals surface area contributed by atoms with Crippen LogP contribution in [-0.2, 0) is 14.3 Å². The summed E-state index contributed by atoms with van der Waals surface area (Å²) < 4.78 is 4.43. The van der Waals surface area contributed by atoms with Gasteiger partial charge in [0.2, 0.25) is 5.91 Å². The van der Waals surface area contributed by atoms with E-state index in [4.69, 9.17) is 0 Å². The summed E-state index contributed by atoms with van der Waals surface area (Å²) in [5, 5.41) is 0. The highest BCUT2D eigenvalue weighted by Crippen LogP contribution is 2.19. The first kappa shape index (κ1) is 10.5. The second-order valence-electron chi connectivity index (χ2n) is 2.99. The molecule has 0 aromatic heterocycles. The molecule has 0 aromatic carbocycles. The van der Waals surface area contributed by atoms with Crippen LogP contribution in [0.25, 0.3) is 0 Å². The van der Waals surface area contributed by atoms with Crippen LogP contribution in [0.4, 0.5) is 0 Å². The zero-order valence-corrected chi connectivity index (χ0v) is 8.10. The van der Waals surface area contributed by atoms with Crippen LogP contribution in [0.3, 0.4) is 0 Å². The first-order chi connectivity index (χ1) is 6.69. The van der Waals surface area contributed by atoms with Crippen molar-refractivity contribution in [1.82, 2.24) is 4.90 Å². The van der Waals surface area contributed by atoms with Crippen LogP contribution >= 0.6 is 0 Å². The predicted molar refractivity (Wildman–Crippen MR) is 51.2 cm³/mol. The second kappa shape index (κ2) is 4.60. The van der Waals surface area contributed by atoms with Crippen molar-refractivity contribution in [3.63, 3.8) is 0 Å². The third kappa shape index (κ3) is 2.22. The van der Waals surface area contributed by atoms with Crippen molar-refractivity contribution >= 4 is 11.9 Å². The van der Waals surface area contributed by atoms with Crippen molar-refractivity contribution in [2.45, 2.75) is 6.42 Å². The number of ether oxygens (including phenoxy) is 1. The Labute approximate surface area is 82.8 Å². The molecule has 1 saturated heterocycles. The van der Waals surface area contributed by atoms with Gasteiger partial charge in [-0.25, -0.2) is 4.79 Å². The molecule has 4 heteroatoms. The zero-order chi connectivity index (χ0) is 10.6. The molecule has 0 spiro atoms. The lowest BCUT2D eigenvalue weighted by molar-refractivity contribution is -0.134. The van der Waals surface area contributed by atoms with Crippen LogP contribution in [-0.4, -0.2) is 30.4 Å². The number of likely N-dealkylation sites (tertiary alicyclic amines) is 1. The van der Waals surface area contributed by atoms with Crippen LogP contribution in [0.1, 0.15) is 6.42 Å². The number of carbonyl (C=O) groups excluding carboxylic acids is 2. The third-order valence-corrected chi connectivity index (χ3v) is 2.17. The SMILES string of the molecule is C=CN1CCC(C=CC(=O)OC)C1=O. The molecule has 1 fully saturated rings. The molecule has 1 rings (SSSR count). The van der Waals surface area contributed by atoms with Crippen molar-refractivity contribution in [3.8, 4) is 0 Å². The molecule has 4 nitrogen and oxygen atoms in total. The lowest BCUT2D eigenvalue weighted by atomic mass is 10.1. The van der Waals surface area contributed by atoms with Crippen molar-refractivity contribution in [2.75, 3.05) is 13.7 Å². The van der Waals surface area contributed by atoms with Crippen molar-refractivity contribution in [3.05, 3.63) is 24.9 Å². The molecule has 0 N–H and O–H groups in total. The Bertz CT molecular complexity index is 283. The first-order valence-electron chi connectivity index (χ1n) is 4.38. The van der Waals surface area contributed by atoms with E-state index in [-0.39, 0.29) is 11.8 Å². The smallest absolute Gasteiger partial charge is 0.330 e. The van der Waals surface area contributed by atoms with E-state index in [9.17, 15) is 9.59 Å². The van der Waals surface area contributed by atoms with Gasteiger partial charge in [0.25, 0.3) is 0 Å². The first-order valence-corrected chi connectivity index (χ1v) is 4.38. The number of hydrogen-bond acceptors (Lipinski definition) is 3. The summed E-state index contributed by atoms with van der Waals surface area (Å²) in [5.41, 5.74) is 0. The van der Waals surface area contributed by atoms with Gasteiger partial charge < -0.3 is 9.64 Å². The van der Waals surface area contributed by atoms with Gasteiger partial charge in [0.15, 0.2) is 0 Å². The summed E-state index contributed by atoms with van der Waals surface area (Å²) in [6.45, 7) is 4.19. The van der Waals surface area contributed by atoms with E-state index < -0.39 is 5.97 Å². The number of amides is 1. The molecule has 1 aliphatic heterocycles. The van der Waals surface area contributed by atoms with E-state index in [1.54, 1.807) is 11.0 Å². The Morgan fingerprint density at radius 3 is 2.93 bits per heavy atom. The van der Waals surface area contributed by atoms with Gasteiger partial charge in [0.05, 0.1) is 13.0 Å². The van der Waals surface area contributed by atoms with Gasteiger partial charge in [-0.15, -0.1) is 0 Å². The van der Waals surface area contributed by atoms with Gasteiger partial charge in [-0.2, -0.15) is 0 Å². The van der Waals surface area contributed by atoms with Crippen molar-refractivity contribution in [2.24, 2.45) is 5.92 Å². The van der Waals surface area contributed by atoms with Crippen LogP contribution in [0.15, 0.2) is 24.9 Å². The molecular weight excluding hydrogens is 182 g/mol. The van der Waals surface area contributed by atoms with Gasteiger partial charge in [-0.05, 0) is 12.6 Å². The van der Waals surface area contributed by atoms with Crippen LogP contribution in [0.5, 0.6) is 0 Å². The summed E-state index contributed by atoms with van der Waals surface area (Å²) in [7, 11) is 1.30. The monoisotopic (exact) mass is 195 g/mol. The number of hydrogen-bond donors (Lipinski definition) is 0. The summed E-state index contributed by atoms with van der Waals surface area (Å²) in [4.78, 5) is 23.8. The Balaban J connectivity index is 2.56. The Morgan fingerprint density at radius 2 is 2.43 bits per heavy atom. The summed E-state index contributed by atoms with van der Waals surface area (Å²) in [5.74, 6) is -0.665. The lowest BCUT2D eigenvalue weighted by Gasteiger charge is -2.07. The van der Waals surface area contributed by atoms with Crippen LogP contribution in [0, 0.1) is 5.92 Å². The number of carbonyl (C=O) groups is 2. The third-order valence-electron chi connectivity index (χ3n) is 2.17. The molecule has 1 heterocycles. The zero-order valence-electron chi connectivity index (χ0n) is 8.10. The quantitative estimate of drug-likeness (QED) is 0.492. The van der Waals surface area contributed by atoms with E-state index in [0.29, 0.717) is 6.54 Å². The minimum atomic E-state index is -0.435. The molecule has 14 heavy (non-hydrogen) atoms. The van der Waals surface area contributed by atoms with E-state index in [1.807, 2.05) is 0 Å². The Kier molecular flexibility index (Phi) is 3.45. The van der Waals surface area contributed by atoms with E-state index >= 15 is 0 Å². The molecule has 0 bridgehead atoms. The molecule has 1 atom stereocenters. The van der Waals surface area contributed by atoms with Gasteiger partial charge in [0.1, 0.15) is 0 Å². The molecule has 0 aromatic rings. The highest BCUT2D eigenvalue weighted by atomic mass is 16.5. The van der Waals surface area contributed by atoms with Gasteiger partial charge >= 0.3 is 5.97 Å². The minimum absolute atomic E-state index is 0.0137. The van der Waals surface area contributed by atoms with Crippen molar-refractivity contribution in [1.29, 1.82) is 0 Å². The fourth-order valence-corrected chi connectivity index (χ4v) is 1.35. The molecule has 0 saturated carbocycles. The second-order valence-corrected chi connectivity index (χ2v) is 2.99. The Hall–Kier alpha value is -1.58. The fraction of sp³-hybridized carbons (Fsp3) is 0.400. The largest absolute Gasteiger partial charge is 0.466 e. The molecule has 0 aliphatic carbocycles. The minimum Gasteiger partial charge on any atom is -0.466 e. The molecule has 0 radical (unpaired) electrons. The maximum Gasteiger partial charge on any atom is 0.330 e. The van der Waals surface area contributed by atoms with Gasteiger partial charge in [-0.3, -0.25) is 4.79 Å². The van der Waals surface area contributed by atoms with E-state index in [1.165, 1.54) is 19.4 Å². The highest BCUT2D eigenvalue weighted by molar-refractivity contribution is 5.86. The molecule has 1 unspecified atom stereocenters. The number of methoxy groups -OCH3 is 1. The highest BCUT2D eigenvalue weighted by Gasteiger charge is 2.27.